The van der Waals surface area contributed by atoms with Gasteiger partial charge in [0.1, 0.15) is 0 Å². The van der Waals surface area contributed by atoms with Gasteiger partial charge in [-0.05, 0) is 19.9 Å². The topological polar surface area (TPSA) is 59.2 Å². The molecule has 0 saturated carbocycles. The molecule has 4 nitrogen and oxygen atoms in total. The van der Waals surface area contributed by atoms with E-state index in [-0.39, 0.29) is 17.2 Å². The third-order valence-corrected chi connectivity index (χ3v) is 2.71. The van der Waals surface area contributed by atoms with Gasteiger partial charge in [-0.2, -0.15) is 0 Å². The van der Waals surface area contributed by atoms with E-state index in [1.165, 1.54) is 6.07 Å². The van der Waals surface area contributed by atoms with Gasteiger partial charge in [-0.25, -0.2) is 4.79 Å². The number of para-hydroxylation sites is 1. The summed E-state index contributed by atoms with van der Waals surface area (Å²) >= 11 is 5.99. The Hall–Kier alpha value is -1.81. The molecule has 0 unspecified atom stereocenters. The zero-order valence-electron chi connectivity index (χ0n) is 9.99. The van der Waals surface area contributed by atoms with Crippen LogP contribution in [0, 0.1) is 0 Å². The Balaban J connectivity index is 2.67. The lowest BCUT2D eigenvalue weighted by Crippen LogP contribution is -2.16. The van der Waals surface area contributed by atoms with Gasteiger partial charge in [-0.1, -0.05) is 23.7 Å². The zero-order valence-corrected chi connectivity index (χ0v) is 10.7. The summed E-state index contributed by atoms with van der Waals surface area (Å²) in [6.07, 6.45) is -0.244. The van der Waals surface area contributed by atoms with E-state index in [0.717, 1.165) is 0 Å². The average Bonchev–Trinajstić information content (AvgIpc) is 2.28. The van der Waals surface area contributed by atoms with Crippen LogP contribution in [0.2, 0.25) is 5.02 Å². The molecule has 0 spiro atoms. The van der Waals surface area contributed by atoms with Crippen molar-refractivity contribution in [1.82, 2.24) is 4.98 Å². The molecule has 0 amide bonds. The van der Waals surface area contributed by atoms with Crippen molar-refractivity contribution >= 4 is 28.5 Å². The minimum Gasteiger partial charge on any atom is -0.459 e. The molecular weight excluding hydrogens is 254 g/mol. The number of aromatic nitrogens is 1. The molecule has 0 radical (unpaired) electrons. The number of carbonyl (C=O) groups excluding carboxylic acids is 1. The van der Waals surface area contributed by atoms with Crippen LogP contribution >= 0.6 is 11.6 Å². The second-order valence-corrected chi connectivity index (χ2v) is 4.57. The van der Waals surface area contributed by atoms with Gasteiger partial charge < -0.3 is 9.72 Å². The van der Waals surface area contributed by atoms with Gasteiger partial charge in [0.15, 0.2) is 0 Å². The number of fused-ring (bicyclic) bond motifs is 1. The number of ether oxygens (including phenoxy) is 1. The van der Waals surface area contributed by atoms with Crippen LogP contribution in [0.4, 0.5) is 0 Å². The van der Waals surface area contributed by atoms with Gasteiger partial charge in [0, 0.05) is 11.5 Å². The van der Waals surface area contributed by atoms with Crippen LogP contribution in [0.25, 0.3) is 10.9 Å². The fourth-order valence-corrected chi connectivity index (χ4v) is 1.91. The first-order valence-electron chi connectivity index (χ1n) is 5.51. The highest BCUT2D eigenvalue weighted by Crippen LogP contribution is 2.23. The highest BCUT2D eigenvalue weighted by molar-refractivity contribution is 6.35. The van der Waals surface area contributed by atoms with E-state index < -0.39 is 5.97 Å². The fraction of sp³-hybridized carbons (Fsp3) is 0.231. The summed E-state index contributed by atoms with van der Waals surface area (Å²) in [6.45, 7) is 3.50. The van der Waals surface area contributed by atoms with Crippen molar-refractivity contribution in [3.63, 3.8) is 0 Å². The monoisotopic (exact) mass is 265 g/mol. The summed E-state index contributed by atoms with van der Waals surface area (Å²) in [5, 5.41) is 0.969. The van der Waals surface area contributed by atoms with Crippen LogP contribution < -0.4 is 5.56 Å². The third kappa shape index (κ3) is 2.38. The van der Waals surface area contributed by atoms with Crippen molar-refractivity contribution < 1.29 is 9.53 Å². The van der Waals surface area contributed by atoms with E-state index >= 15 is 0 Å². The number of rotatable bonds is 2. The Morgan fingerprint density at radius 1 is 1.39 bits per heavy atom. The second kappa shape index (κ2) is 4.82. The molecule has 0 atom stereocenters. The minimum atomic E-state index is -0.525. The predicted octanol–water partition coefficient (Wildman–Crippen LogP) is 2.75. The Morgan fingerprint density at radius 3 is 2.78 bits per heavy atom. The molecule has 0 aliphatic rings. The Kier molecular flexibility index (Phi) is 3.39. The number of halogens is 1. The molecule has 2 rings (SSSR count). The van der Waals surface area contributed by atoms with E-state index in [1.54, 1.807) is 32.0 Å². The van der Waals surface area contributed by atoms with E-state index in [9.17, 15) is 9.59 Å². The normalized spacial score (nSPS) is 10.9. The second-order valence-electron chi connectivity index (χ2n) is 4.16. The molecule has 1 aromatic heterocycles. The molecule has 0 fully saturated rings. The number of nitrogens with one attached hydrogen (secondary N) is 1. The Morgan fingerprint density at radius 2 is 2.11 bits per heavy atom. The maximum Gasteiger partial charge on any atom is 0.339 e. The number of aromatic amines is 1. The van der Waals surface area contributed by atoms with Crippen LogP contribution in [0.1, 0.15) is 24.2 Å². The van der Waals surface area contributed by atoms with Gasteiger partial charge >= 0.3 is 5.97 Å². The van der Waals surface area contributed by atoms with Crippen molar-refractivity contribution in [3.8, 4) is 0 Å². The first-order valence-corrected chi connectivity index (χ1v) is 5.89. The van der Waals surface area contributed by atoms with Crippen molar-refractivity contribution in [2.45, 2.75) is 20.0 Å². The first kappa shape index (κ1) is 12.6. The van der Waals surface area contributed by atoms with Crippen molar-refractivity contribution in [3.05, 3.63) is 45.2 Å². The smallest absolute Gasteiger partial charge is 0.339 e. The van der Waals surface area contributed by atoms with Crippen molar-refractivity contribution in [2.24, 2.45) is 0 Å². The van der Waals surface area contributed by atoms with E-state index in [1.807, 2.05) is 0 Å². The first-order chi connectivity index (χ1) is 8.49. The molecule has 2 aromatic rings. The molecule has 0 saturated heterocycles. The SMILES string of the molecule is CC(C)OC(=O)c1cc(=O)[nH]c2c(Cl)cccc12. The maximum absolute atomic E-state index is 11.9. The number of carbonyl (C=O) groups is 1. The average molecular weight is 266 g/mol. The summed E-state index contributed by atoms with van der Waals surface area (Å²) in [5.41, 5.74) is 0.290. The molecule has 0 aliphatic carbocycles. The molecule has 1 heterocycles. The standard InChI is InChI=1S/C13H12ClNO3/c1-7(2)18-13(17)9-6-11(16)15-12-8(9)4-3-5-10(12)14/h3-7H,1-2H3,(H,15,16). The predicted molar refractivity (Wildman–Crippen MR) is 70.1 cm³/mol. The number of hydrogen-bond donors (Lipinski definition) is 1. The minimum absolute atomic E-state index is 0.227. The lowest BCUT2D eigenvalue weighted by atomic mass is 10.1. The van der Waals surface area contributed by atoms with Crippen LogP contribution in [0.15, 0.2) is 29.1 Å². The number of esters is 1. The van der Waals surface area contributed by atoms with Crippen LogP contribution in [0.5, 0.6) is 0 Å². The van der Waals surface area contributed by atoms with E-state index in [2.05, 4.69) is 4.98 Å². The molecule has 1 N–H and O–H groups in total. The van der Waals surface area contributed by atoms with Crippen LogP contribution in [-0.2, 0) is 4.74 Å². The van der Waals surface area contributed by atoms with Crippen LogP contribution in [0.3, 0.4) is 0 Å². The summed E-state index contributed by atoms with van der Waals surface area (Å²) in [7, 11) is 0. The summed E-state index contributed by atoms with van der Waals surface area (Å²) in [5.74, 6) is -0.525. The fourth-order valence-electron chi connectivity index (χ4n) is 1.69. The molecule has 18 heavy (non-hydrogen) atoms. The lowest BCUT2D eigenvalue weighted by Gasteiger charge is -2.10. The summed E-state index contributed by atoms with van der Waals surface area (Å²) in [6, 6.07) is 6.31. The van der Waals surface area contributed by atoms with Gasteiger partial charge in [0.05, 0.1) is 22.2 Å². The number of H-pyrrole nitrogens is 1. The zero-order chi connectivity index (χ0) is 13.3. The highest BCUT2D eigenvalue weighted by Gasteiger charge is 2.15. The quantitative estimate of drug-likeness (QED) is 0.850. The molecule has 5 heteroatoms. The number of pyridine rings is 1. The largest absolute Gasteiger partial charge is 0.459 e. The summed E-state index contributed by atoms with van der Waals surface area (Å²) < 4.78 is 5.10. The molecule has 1 aromatic carbocycles. The highest BCUT2D eigenvalue weighted by atomic mass is 35.5. The molecular formula is C13H12ClNO3. The van der Waals surface area contributed by atoms with Crippen molar-refractivity contribution in [1.29, 1.82) is 0 Å². The number of benzene rings is 1. The van der Waals surface area contributed by atoms with Gasteiger partial charge in [-0.3, -0.25) is 4.79 Å². The van der Waals surface area contributed by atoms with Gasteiger partial charge in [0.25, 0.3) is 0 Å². The van der Waals surface area contributed by atoms with Crippen molar-refractivity contribution in [2.75, 3.05) is 0 Å². The maximum atomic E-state index is 11.9. The van der Waals surface area contributed by atoms with Crippen LogP contribution in [-0.4, -0.2) is 17.1 Å². The molecule has 0 bridgehead atoms. The molecule has 0 aliphatic heterocycles. The lowest BCUT2D eigenvalue weighted by molar-refractivity contribution is 0.0380. The van der Waals surface area contributed by atoms with E-state index in [0.29, 0.717) is 15.9 Å². The summed E-state index contributed by atoms with van der Waals surface area (Å²) in [4.78, 5) is 26.1. The Labute approximate surface area is 109 Å². The molecule has 94 valence electrons. The van der Waals surface area contributed by atoms with E-state index in [4.69, 9.17) is 16.3 Å². The number of hydrogen-bond acceptors (Lipinski definition) is 3. The Bertz CT molecular complexity index is 661. The van der Waals surface area contributed by atoms with Gasteiger partial charge in [-0.15, -0.1) is 0 Å². The third-order valence-electron chi connectivity index (χ3n) is 2.39. The van der Waals surface area contributed by atoms with Gasteiger partial charge in [0.2, 0.25) is 5.56 Å².